The van der Waals surface area contributed by atoms with E-state index >= 15 is 0 Å². The third-order valence-electron chi connectivity index (χ3n) is 2.32. The molecule has 0 radical (unpaired) electrons. The van der Waals surface area contributed by atoms with E-state index in [1.807, 2.05) is 32.0 Å². The number of nitrogens with zero attached hydrogens (tertiary/aromatic N) is 3. The van der Waals surface area contributed by atoms with Gasteiger partial charge in [0.25, 0.3) is 0 Å². The Balaban J connectivity index is 2.63. The highest BCUT2D eigenvalue weighted by molar-refractivity contribution is 7.14. The van der Waals surface area contributed by atoms with E-state index in [4.69, 9.17) is 0 Å². The monoisotopic (exact) mass is 221 g/mol. The molecule has 0 atom stereocenters. The highest BCUT2D eigenvalue weighted by Crippen LogP contribution is 2.31. The number of anilines is 1. The number of aromatic nitrogens is 1. The summed E-state index contributed by atoms with van der Waals surface area (Å²) in [5.41, 5.74) is 1.18. The van der Waals surface area contributed by atoms with Crippen LogP contribution in [-0.4, -0.2) is 10.9 Å². The van der Waals surface area contributed by atoms with Crippen molar-refractivity contribution < 1.29 is 0 Å². The molecule has 0 aliphatic rings. The standard InChI is InChI=1S/C10H11N3OS/c1-3-13(12-14)10-8-6-4-5-7(2)9(8)15-11-10/h4-6H,3H2,1-2H3. The Bertz CT molecular complexity index is 494. The minimum atomic E-state index is 0.538. The van der Waals surface area contributed by atoms with Gasteiger partial charge in [-0.2, -0.15) is 4.37 Å². The Labute approximate surface area is 91.6 Å². The Morgan fingerprint density at radius 1 is 1.53 bits per heavy atom. The average molecular weight is 221 g/mol. The molecule has 0 saturated heterocycles. The third-order valence-corrected chi connectivity index (χ3v) is 3.31. The normalized spacial score (nSPS) is 10.5. The lowest BCUT2D eigenvalue weighted by Crippen LogP contribution is -2.14. The first-order valence-electron chi connectivity index (χ1n) is 4.73. The van der Waals surface area contributed by atoms with Gasteiger partial charge in [0.2, 0.25) is 0 Å². The van der Waals surface area contributed by atoms with Crippen LogP contribution in [0.2, 0.25) is 0 Å². The second kappa shape index (κ2) is 3.94. The number of hydrogen-bond acceptors (Lipinski definition) is 4. The van der Waals surface area contributed by atoms with Gasteiger partial charge in [0, 0.05) is 11.9 Å². The molecule has 4 nitrogen and oxygen atoms in total. The highest BCUT2D eigenvalue weighted by atomic mass is 32.1. The van der Waals surface area contributed by atoms with Gasteiger partial charge in [0.1, 0.15) is 0 Å². The van der Waals surface area contributed by atoms with Crippen LogP contribution in [0.4, 0.5) is 5.82 Å². The van der Waals surface area contributed by atoms with Gasteiger partial charge in [0.05, 0.1) is 9.99 Å². The van der Waals surface area contributed by atoms with Crippen LogP contribution in [0.15, 0.2) is 23.5 Å². The first-order chi connectivity index (χ1) is 7.27. The van der Waals surface area contributed by atoms with Crippen molar-refractivity contribution in [3.63, 3.8) is 0 Å². The summed E-state index contributed by atoms with van der Waals surface area (Å²) in [5, 5.41) is 5.33. The van der Waals surface area contributed by atoms with Gasteiger partial charge in [-0.15, -0.1) is 4.91 Å². The fraction of sp³-hybridized carbons (Fsp3) is 0.300. The summed E-state index contributed by atoms with van der Waals surface area (Å²) in [6.07, 6.45) is 0. The zero-order valence-electron chi connectivity index (χ0n) is 8.60. The van der Waals surface area contributed by atoms with Crippen molar-refractivity contribution in [3.8, 4) is 0 Å². The van der Waals surface area contributed by atoms with Gasteiger partial charge < -0.3 is 0 Å². The molecule has 1 aromatic carbocycles. The van der Waals surface area contributed by atoms with Crippen molar-refractivity contribution in [3.05, 3.63) is 28.7 Å². The van der Waals surface area contributed by atoms with Crippen molar-refractivity contribution in [2.75, 3.05) is 11.6 Å². The molecule has 2 aromatic rings. The molecule has 15 heavy (non-hydrogen) atoms. The predicted molar refractivity (Wildman–Crippen MR) is 63.2 cm³/mol. The van der Waals surface area contributed by atoms with Crippen molar-refractivity contribution >= 4 is 27.4 Å². The van der Waals surface area contributed by atoms with Crippen LogP contribution in [0.3, 0.4) is 0 Å². The van der Waals surface area contributed by atoms with Crippen LogP contribution in [0.1, 0.15) is 12.5 Å². The fourth-order valence-corrected chi connectivity index (χ4v) is 2.36. The van der Waals surface area contributed by atoms with E-state index in [1.54, 1.807) is 0 Å². The fourth-order valence-electron chi connectivity index (χ4n) is 1.52. The largest absolute Gasteiger partial charge is 0.210 e. The zero-order chi connectivity index (χ0) is 10.8. The molecule has 0 aliphatic carbocycles. The maximum Gasteiger partial charge on any atom is 0.173 e. The van der Waals surface area contributed by atoms with E-state index in [0.717, 1.165) is 10.1 Å². The second-order valence-electron chi connectivity index (χ2n) is 3.26. The minimum absolute atomic E-state index is 0.538. The van der Waals surface area contributed by atoms with E-state index in [-0.39, 0.29) is 0 Å². The van der Waals surface area contributed by atoms with Crippen LogP contribution in [0, 0.1) is 11.8 Å². The molecule has 0 aliphatic heterocycles. The quantitative estimate of drug-likeness (QED) is 0.591. The van der Waals surface area contributed by atoms with E-state index in [1.165, 1.54) is 22.1 Å². The molecule has 0 amide bonds. The first kappa shape index (κ1) is 10.0. The molecule has 0 unspecified atom stereocenters. The number of aryl methyl sites for hydroxylation is 1. The van der Waals surface area contributed by atoms with E-state index in [2.05, 4.69) is 9.66 Å². The van der Waals surface area contributed by atoms with Crippen LogP contribution < -0.4 is 5.01 Å². The first-order valence-corrected chi connectivity index (χ1v) is 5.51. The molecule has 1 aromatic heterocycles. The van der Waals surface area contributed by atoms with Crippen molar-refractivity contribution in [1.29, 1.82) is 0 Å². The molecule has 0 spiro atoms. The number of fused-ring (bicyclic) bond motifs is 1. The Hall–Kier alpha value is -1.49. The second-order valence-corrected chi connectivity index (χ2v) is 4.03. The highest BCUT2D eigenvalue weighted by Gasteiger charge is 2.13. The summed E-state index contributed by atoms with van der Waals surface area (Å²) in [4.78, 5) is 10.6. The molecule has 0 N–H and O–H groups in total. The molecular formula is C10H11N3OS. The predicted octanol–water partition coefficient (Wildman–Crippen LogP) is 3.11. The SMILES string of the molecule is CCN(N=O)c1nsc2c(C)cccc12. The summed E-state index contributed by atoms with van der Waals surface area (Å²) in [7, 11) is 0. The topological polar surface area (TPSA) is 45.6 Å². The lowest BCUT2D eigenvalue weighted by atomic mass is 10.2. The summed E-state index contributed by atoms with van der Waals surface area (Å²) < 4.78 is 5.39. The maximum atomic E-state index is 10.6. The van der Waals surface area contributed by atoms with Gasteiger partial charge >= 0.3 is 0 Å². The van der Waals surface area contributed by atoms with Crippen molar-refractivity contribution in [1.82, 2.24) is 4.37 Å². The minimum Gasteiger partial charge on any atom is -0.210 e. The lowest BCUT2D eigenvalue weighted by molar-refractivity contribution is 0.876. The lowest BCUT2D eigenvalue weighted by Gasteiger charge is -2.08. The molecule has 0 bridgehead atoms. The van der Waals surface area contributed by atoms with Crippen molar-refractivity contribution in [2.24, 2.45) is 5.29 Å². The molecular weight excluding hydrogens is 210 g/mol. The number of hydrogen-bond donors (Lipinski definition) is 0. The number of rotatable bonds is 3. The van der Waals surface area contributed by atoms with Gasteiger partial charge in [-0.3, -0.25) is 0 Å². The number of nitroso groups, excluding NO2 is 1. The Kier molecular flexibility index (Phi) is 2.64. The van der Waals surface area contributed by atoms with Gasteiger partial charge in [-0.1, -0.05) is 12.1 Å². The molecule has 0 saturated carbocycles. The van der Waals surface area contributed by atoms with Gasteiger partial charge in [0.15, 0.2) is 5.82 Å². The molecule has 0 fully saturated rings. The number of benzene rings is 1. The van der Waals surface area contributed by atoms with Gasteiger partial charge in [-0.25, -0.2) is 5.01 Å². The molecule has 78 valence electrons. The molecule has 5 heteroatoms. The zero-order valence-corrected chi connectivity index (χ0v) is 9.41. The molecule has 2 rings (SSSR count). The summed E-state index contributed by atoms with van der Waals surface area (Å²) in [5.74, 6) is 0.663. The van der Waals surface area contributed by atoms with Crippen LogP contribution in [0.5, 0.6) is 0 Å². The summed E-state index contributed by atoms with van der Waals surface area (Å²) in [6, 6.07) is 5.97. The smallest absolute Gasteiger partial charge is 0.173 e. The van der Waals surface area contributed by atoms with Crippen LogP contribution >= 0.6 is 11.5 Å². The van der Waals surface area contributed by atoms with Crippen molar-refractivity contribution in [2.45, 2.75) is 13.8 Å². The Morgan fingerprint density at radius 2 is 2.33 bits per heavy atom. The van der Waals surface area contributed by atoms with Gasteiger partial charge in [-0.05, 0) is 37.0 Å². The van der Waals surface area contributed by atoms with E-state index in [0.29, 0.717) is 12.4 Å². The van der Waals surface area contributed by atoms with Crippen LogP contribution in [0.25, 0.3) is 10.1 Å². The summed E-state index contributed by atoms with van der Waals surface area (Å²) in [6.45, 7) is 4.45. The third kappa shape index (κ3) is 1.59. The average Bonchev–Trinajstić information content (AvgIpc) is 2.66. The maximum absolute atomic E-state index is 10.6. The molecule has 1 heterocycles. The Morgan fingerprint density at radius 3 is 3.00 bits per heavy atom. The van der Waals surface area contributed by atoms with E-state index < -0.39 is 0 Å². The summed E-state index contributed by atoms with van der Waals surface area (Å²) >= 11 is 1.41. The van der Waals surface area contributed by atoms with Crippen LogP contribution in [-0.2, 0) is 0 Å². The van der Waals surface area contributed by atoms with E-state index in [9.17, 15) is 4.91 Å².